The maximum absolute atomic E-state index is 11.7. The molecule has 1 unspecified atom stereocenters. The van der Waals surface area contributed by atoms with Gasteiger partial charge in [-0.2, -0.15) is 0 Å². The van der Waals surface area contributed by atoms with Crippen molar-refractivity contribution in [2.24, 2.45) is 4.99 Å². The minimum atomic E-state index is -0.0926. The van der Waals surface area contributed by atoms with Crippen molar-refractivity contribution in [2.45, 2.75) is 26.3 Å². The molecule has 3 N–H and O–H groups in total. The fraction of sp³-hybridized carbons (Fsp3) is 0.529. The smallest absolute Gasteiger partial charge is 0.239 e. The minimum absolute atomic E-state index is 0. The molecule has 0 aliphatic carbocycles. The molecule has 7 heteroatoms. The number of aryl methyl sites for hydroxylation is 1. The molecule has 0 saturated carbocycles. The molecule has 0 radical (unpaired) electrons. The van der Waals surface area contributed by atoms with E-state index in [1.165, 1.54) is 11.1 Å². The van der Waals surface area contributed by atoms with Crippen molar-refractivity contribution < 1.29 is 9.53 Å². The Balaban J connectivity index is 0.00000529. The third-order valence-electron chi connectivity index (χ3n) is 3.51. The Morgan fingerprint density at radius 2 is 1.92 bits per heavy atom. The maximum Gasteiger partial charge on any atom is 0.239 e. The molecule has 0 aliphatic rings. The number of ether oxygens (including phenoxy) is 1. The molecule has 0 aliphatic heterocycles. The summed E-state index contributed by atoms with van der Waals surface area (Å²) < 4.78 is 4.89. The predicted octanol–water partition coefficient (Wildman–Crippen LogP) is 1.86. The van der Waals surface area contributed by atoms with E-state index in [4.69, 9.17) is 4.74 Å². The molecular formula is C17H29IN4O2. The van der Waals surface area contributed by atoms with E-state index in [-0.39, 0.29) is 42.5 Å². The van der Waals surface area contributed by atoms with Gasteiger partial charge in [0.05, 0.1) is 19.2 Å². The Bertz CT molecular complexity index is 506. The van der Waals surface area contributed by atoms with Crippen LogP contribution < -0.4 is 16.0 Å². The summed E-state index contributed by atoms with van der Waals surface area (Å²) in [6.45, 7) is 5.38. The third-order valence-corrected chi connectivity index (χ3v) is 3.51. The number of amides is 1. The van der Waals surface area contributed by atoms with Gasteiger partial charge in [0.2, 0.25) is 5.91 Å². The van der Waals surface area contributed by atoms with Gasteiger partial charge in [-0.1, -0.05) is 31.2 Å². The molecule has 1 aromatic carbocycles. The van der Waals surface area contributed by atoms with Crippen LogP contribution in [-0.4, -0.2) is 45.7 Å². The van der Waals surface area contributed by atoms with Crippen LogP contribution in [0.3, 0.4) is 0 Å². The number of carbonyl (C=O) groups is 1. The zero-order chi connectivity index (χ0) is 17.1. The second-order valence-corrected chi connectivity index (χ2v) is 5.23. The summed E-state index contributed by atoms with van der Waals surface area (Å²) in [5.41, 5.74) is 2.49. The molecule has 0 aromatic heterocycles. The molecule has 0 fully saturated rings. The van der Waals surface area contributed by atoms with Gasteiger partial charge >= 0.3 is 0 Å². The quantitative estimate of drug-likeness (QED) is 0.246. The molecule has 1 amide bonds. The van der Waals surface area contributed by atoms with Crippen LogP contribution in [0.4, 0.5) is 0 Å². The first kappa shape index (κ1) is 22.6. The van der Waals surface area contributed by atoms with E-state index in [0.717, 1.165) is 6.42 Å². The van der Waals surface area contributed by atoms with Gasteiger partial charge < -0.3 is 20.7 Å². The van der Waals surface area contributed by atoms with Gasteiger partial charge in [-0.25, -0.2) is 0 Å². The molecule has 1 rings (SSSR count). The summed E-state index contributed by atoms with van der Waals surface area (Å²) in [5.74, 6) is 0.504. The van der Waals surface area contributed by atoms with Crippen molar-refractivity contribution in [3.63, 3.8) is 0 Å². The molecular weight excluding hydrogens is 419 g/mol. The Kier molecular flexibility index (Phi) is 12.3. The number of carbonyl (C=O) groups excluding carboxylic acids is 1. The van der Waals surface area contributed by atoms with Crippen molar-refractivity contribution in [1.29, 1.82) is 0 Å². The van der Waals surface area contributed by atoms with Crippen LogP contribution in [-0.2, 0) is 16.0 Å². The third kappa shape index (κ3) is 8.49. The molecule has 0 bridgehead atoms. The number of methoxy groups -OCH3 is 1. The minimum Gasteiger partial charge on any atom is -0.383 e. The summed E-state index contributed by atoms with van der Waals surface area (Å²) in [6, 6.07) is 8.59. The number of nitrogens with zero attached hydrogens (tertiary/aromatic N) is 1. The first-order valence-electron chi connectivity index (χ1n) is 7.92. The molecule has 0 saturated heterocycles. The summed E-state index contributed by atoms with van der Waals surface area (Å²) >= 11 is 0. The van der Waals surface area contributed by atoms with Crippen LogP contribution >= 0.6 is 24.0 Å². The van der Waals surface area contributed by atoms with E-state index in [0.29, 0.717) is 19.1 Å². The highest BCUT2D eigenvalue weighted by atomic mass is 127. The lowest BCUT2D eigenvalue weighted by Crippen LogP contribution is -2.44. The number of aliphatic imine (C=N–C) groups is 1. The van der Waals surface area contributed by atoms with E-state index in [1.807, 2.05) is 0 Å². The molecule has 1 atom stereocenters. The lowest BCUT2D eigenvalue weighted by atomic mass is 10.1. The normalized spacial score (nSPS) is 12.1. The topological polar surface area (TPSA) is 74.8 Å². The van der Waals surface area contributed by atoms with Crippen LogP contribution in [0.15, 0.2) is 29.3 Å². The van der Waals surface area contributed by atoms with Gasteiger partial charge in [-0.05, 0) is 24.5 Å². The van der Waals surface area contributed by atoms with Gasteiger partial charge in [-0.3, -0.25) is 9.79 Å². The van der Waals surface area contributed by atoms with Crippen LogP contribution in [0.1, 0.15) is 31.0 Å². The van der Waals surface area contributed by atoms with Crippen molar-refractivity contribution in [1.82, 2.24) is 16.0 Å². The van der Waals surface area contributed by atoms with E-state index in [1.54, 1.807) is 14.2 Å². The molecule has 1 aromatic rings. The Labute approximate surface area is 161 Å². The van der Waals surface area contributed by atoms with Crippen molar-refractivity contribution in [2.75, 3.05) is 33.9 Å². The number of hydrogen-bond donors (Lipinski definition) is 3. The van der Waals surface area contributed by atoms with Gasteiger partial charge in [0, 0.05) is 20.7 Å². The van der Waals surface area contributed by atoms with E-state index in [2.05, 4.69) is 59.1 Å². The Hall–Kier alpha value is -1.35. The first-order valence-corrected chi connectivity index (χ1v) is 7.92. The summed E-state index contributed by atoms with van der Waals surface area (Å²) in [6.07, 6.45) is 1.03. The number of guanidine groups is 1. The average molecular weight is 448 g/mol. The highest BCUT2D eigenvalue weighted by molar-refractivity contribution is 14.0. The molecule has 6 nitrogen and oxygen atoms in total. The second kappa shape index (κ2) is 13.0. The number of halogens is 1. The molecule has 0 spiro atoms. The molecule has 0 heterocycles. The largest absolute Gasteiger partial charge is 0.383 e. The van der Waals surface area contributed by atoms with Crippen LogP contribution in [0, 0.1) is 0 Å². The Morgan fingerprint density at radius 1 is 1.25 bits per heavy atom. The van der Waals surface area contributed by atoms with Gasteiger partial charge in [0.15, 0.2) is 5.96 Å². The van der Waals surface area contributed by atoms with E-state index < -0.39 is 0 Å². The predicted molar refractivity (Wildman–Crippen MR) is 109 cm³/mol. The lowest BCUT2D eigenvalue weighted by molar-refractivity contribution is -0.120. The molecule has 136 valence electrons. The maximum atomic E-state index is 11.7. The average Bonchev–Trinajstić information content (AvgIpc) is 2.58. The fourth-order valence-electron chi connectivity index (χ4n) is 2.04. The van der Waals surface area contributed by atoms with Crippen molar-refractivity contribution in [3.05, 3.63) is 35.4 Å². The fourth-order valence-corrected chi connectivity index (χ4v) is 2.04. The van der Waals surface area contributed by atoms with Crippen molar-refractivity contribution >= 4 is 35.8 Å². The number of nitrogens with one attached hydrogen (secondary N) is 3. The van der Waals surface area contributed by atoms with Gasteiger partial charge in [-0.15, -0.1) is 24.0 Å². The first-order chi connectivity index (χ1) is 11.1. The summed E-state index contributed by atoms with van der Waals surface area (Å²) in [4.78, 5) is 15.8. The highest BCUT2D eigenvalue weighted by Crippen LogP contribution is 2.13. The highest BCUT2D eigenvalue weighted by Gasteiger charge is 2.09. The SMILES string of the molecule is CCc1ccc(C(C)NC(=NC)NCC(=O)NCCOC)cc1.I. The van der Waals surface area contributed by atoms with Crippen molar-refractivity contribution in [3.8, 4) is 0 Å². The number of rotatable bonds is 8. The standard InChI is InChI=1S/C17H28N4O2.HI/c1-5-14-6-8-15(9-7-14)13(2)21-17(18-3)20-12-16(22)19-10-11-23-4;/h6-9,13H,5,10-12H2,1-4H3,(H,19,22)(H2,18,20,21);1H. The second-order valence-electron chi connectivity index (χ2n) is 5.23. The van der Waals surface area contributed by atoms with Gasteiger partial charge in [0.25, 0.3) is 0 Å². The molecule has 24 heavy (non-hydrogen) atoms. The zero-order valence-corrected chi connectivity index (χ0v) is 17.2. The summed E-state index contributed by atoms with van der Waals surface area (Å²) in [5, 5.41) is 9.03. The zero-order valence-electron chi connectivity index (χ0n) is 14.9. The van der Waals surface area contributed by atoms with Gasteiger partial charge in [0.1, 0.15) is 0 Å². The van der Waals surface area contributed by atoms with E-state index >= 15 is 0 Å². The van der Waals surface area contributed by atoms with Crippen LogP contribution in [0.5, 0.6) is 0 Å². The van der Waals surface area contributed by atoms with Crippen LogP contribution in [0.25, 0.3) is 0 Å². The Morgan fingerprint density at radius 3 is 2.46 bits per heavy atom. The van der Waals surface area contributed by atoms with E-state index in [9.17, 15) is 4.79 Å². The lowest BCUT2D eigenvalue weighted by Gasteiger charge is -2.18. The monoisotopic (exact) mass is 448 g/mol. The number of benzene rings is 1. The number of hydrogen-bond acceptors (Lipinski definition) is 3. The van der Waals surface area contributed by atoms with Crippen LogP contribution in [0.2, 0.25) is 0 Å². The summed E-state index contributed by atoms with van der Waals surface area (Å²) in [7, 11) is 3.29.